The summed E-state index contributed by atoms with van der Waals surface area (Å²) in [5, 5.41) is 0. The average Bonchev–Trinajstić information content (AvgIpc) is 2.93. The molecule has 0 N–H and O–H groups in total. The first-order valence-corrected chi connectivity index (χ1v) is 10.5. The highest BCUT2D eigenvalue weighted by atomic mass is 32.2. The summed E-state index contributed by atoms with van der Waals surface area (Å²) in [5.74, 6) is -0.0116. The normalized spacial score (nSPS) is 12.9. The summed E-state index contributed by atoms with van der Waals surface area (Å²) in [6.07, 6.45) is 2.10. The zero-order valence-electron chi connectivity index (χ0n) is 14.7. The SMILES string of the molecule is CCc1cc(C(=O)N(C)C(C)c2ccc(S(C)(=O)=O)cc2)sc1C. The van der Waals surface area contributed by atoms with Gasteiger partial charge in [-0.3, -0.25) is 4.79 Å². The molecular formula is C18H23NO3S2. The number of hydrogen-bond donors (Lipinski definition) is 0. The van der Waals surface area contributed by atoms with Gasteiger partial charge >= 0.3 is 0 Å². The van der Waals surface area contributed by atoms with Gasteiger partial charge in [0.15, 0.2) is 9.84 Å². The van der Waals surface area contributed by atoms with Crippen molar-refractivity contribution in [2.24, 2.45) is 0 Å². The van der Waals surface area contributed by atoms with Crippen LogP contribution in [-0.2, 0) is 16.3 Å². The second-order valence-electron chi connectivity index (χ2n) is 5.98. The number of benzene rings is 1. The number of hydrogen-bond acceptors (Lipinski definition) is 4. The molecule has 4 nitrogen and oxygen atoms in total. The Hall–Kier alpha value is -1.66. The number of carbonyl (C=O) groups is 1. The van der Waals surface area contributed by atoms with Crippen LogP contribution in [-0.4, -0.2) is 32.5 Å². The highest BCUT2D eigenvalue weighted by Gasteiger charge is 2.21. The van der Waals surface area contributed by atoms with Gasteiger partial charge < -0.3 is 4.90 Å². The number of nitrogens with zero attached hydrogens (tertiary/aromatic N) is 1. The van der Waals surface area contributed by atoms with Crippen molar-refractivity contribution in [1.29, 1.82) is 0 Å². The fraction of sp³-hybridized carbons (Fsp3) is 0.389. The minimum atomic E-state index is -3.21. The molecule has 0 aliphatic rings. The highest BCUT2D eigenvalue weighted by Crippen LogP contribution is 2.27. The molecule has 0 aliphatic heterocycles. The van der Waals surface area contributed by atoms with Gasteiger partial charge in [-0.25, -0.2) is 8.42 Å². The maximum atomic E-state index is 12.7. The summed E-state index contributed by atoms with van der Waals surface area (Å²) in [7, 11) is -1.43. The number of sulfone groups is 1. The molecule has 6 heteroatoms. The van der Waals surface area contributed by atoms with Gasteiger partial charge in [-0.15, -0.1) is 11.3 Å². The van der Waals surface area contributed by atoms with Crippen molar-refractivity contribution >= 4 is 27.1 Å². The first-order chi connectivity index (χ1) is 11.1. The second-order valence-corrected chi connectivity index (χ2v) is 9.25. The molecule has 0 fully saturated rings. The highest BCUT2D eigenvalue weighted by molar-refractivity contribution is 7.90. The monoisotopic (exact) mass is 365 g/mol. The van der Waals surface area contributed by atoms with E-state index in [9.17, 15) is 13.2 Å². The summed E-state index contributed by atoms with van der Waals surface area (Å²) >= 11 is 1.52. The minimum absolute atomic E-state index is 0.0116. The largest absolute Gasteiger partial charge is 0.334 e. The van der Waals surface area contributed by atoms with E-state index in [2.05, 4.69) is 6.92 Å². The van der Waals surface area contributed by atoms with Gasteiger partial charge in [-0.2, -0.15) is 0 Å². The van der Waals surface area contributed by atoms with Gasteiger partial charge in [0.1, 0.15) is 0 Å². The van der Waals surface area contributed by atoms with E-state index < -0.39 is 9.84 Å². The maximum absolute atomic E-state index is 12.7. The third-order valence-electron chi connectivity index (χ3n) is 4.30. The van der Waals surface area contributed by atoms with Gasteiger partial charge in [-0.1, -0.05) is 19.1 Å². The van der Waals surface area contributed by atoms with Crippen molar-refractivity contribution in [2.45, 2.75) is 38.1 Å². The van der Waals surface area contributed by atoms with E-state index in [-0.39, 0.29) is 16.8 Å². The number of rotatable bonds is 5. The summed E-state index contributed by atoms with van der Waals surface area (Å²) in [6, 6.07) is 8.54. The molecule has 1 heterocycles. The smallest absolute Gasteiger partial charge is 0.264 e. The molecule has 2 aromatic rings. The second kappa shape index (κ2) is 7.07. The molecule has 0 spiro atoms. The molecule has 0 saturated heterocycles. The Balaban J connectivity index is 2.21. The van der Waals surface area contributed by atoms with Crippen molar-refractivity contribution < 1.29 is 13.2 Å². The first-order valence-electron chi connectivity index (χ1n) is 7.81. The van der Waals surface area contributed by atoms with Crippen LogP contribution in [0.4, 0.5) is 0 Å². The molecule has 1 atom stereocenters. The molecule has 1 aromatic carbocycles. The predicted molar refractivity (Wildman–Crippen MR) is 98.5 cm³/mol. The molecule has 130 valence electrons. The van der Waals surface area contributed by atoms with Crippen LogP contribution >= 0.6 is 11.3 Å². The van der Waals surface area contributed by atoms with Crippen LogP contribution < -0.4 is 0 Å². The van der Waals surface area contributed by atoms with E-state index in [0.717, 1.165) is 16.9 Å². The van der Waals surface area contributed by atoms with E-state index in [1.807, 2.05) is 19.9 Å². The number of aryl methyl sites for hydroxylation is 2. The molecule has 0 radical (unpaired) electrons. The van der Waals surface area contributed by atoms with E-state index in [1.54, 1.807) is 36.2 Å². The summed E-state index contributed by atoms with van der Waals surface area (Å²) in [5.41, 5.74) is 2.11. The van der Waals surface area contributed by atoms with Crippen LogP contribution in [0.2, 0.25) is 0 Å². The van der Waals surface area contributed by atoms with Gasteiger partial charge in [0.05, 0.1) is 15.8 Å². The van der Waals surface area contributed by atoms with Crippen LogP contribution in [0.5, 0.6) is 0 Å². The van der Waals surface area contributed by atoms with Gasteiger partial charge in [-0.05, 0) is 49.6 Å². The van der Waals surface area contributed by atoms with Gasteiger partial charge in [0.25, 0.3) is 5.91 Å². The maximum Gasteiger partial charge on any atom is 0.264 e. The van der Waals surface area contributed by atoms with Crippen LogP contribution in [0.1, 0.15) is 45.6 Å². The van der Waals surface area contributed by atoms with Gasteiger partial charge in [0.2, 0.25) is 0 Å². The Labute approximate surface area is 148 Å². The Morgan fingerprint density at radius 2 is 1.83 bits per heavy atom. The fourth-order valence-corrected chi connectivity index (χ4v) is 4.27. The lowest BCUT2D eigenvalue weighted by Gasteiger charge is -2.25. The van der Waals surface area contributed by atoms with E-state index in [1.165, 1.54) is 28.0 Å². The number of thiophene rings is 1. The Bertz CT molecular complexity index is 836. The van der Waals surface area contributed by atoms with E-state index in [0.29, 0.717) is 0 Å². The summed E-state index contributed by atoms with van der Waals surface area (Å²) in [6.45, 7) is 6.06. The van der Waals surface area contributed by atoms with Crippen molar-refractivity contribution in [3.05, 3.63) is 51.2 Å². The summed E-state index contributed by atoms with van der Waals surface area (Å²) in [4.78, 5) is 16.6. The summed E-state index contributed by atoms with van der Waals surface area (Å²) < 4.78 is 23.1. The van der Waals surface area contributed by atoms with Crippen LogP contribution in [0.15, 0.2) is 35.2 Å². The minimum Gasteiger partial charge on any atom is -0.334 e. The number of carbonyl (C=O) groups excluding carboxylic acids is 1. The van der Waals surface area contributed by atoms with Crippen molar-refractivity contribution in [3.8, 4) is 0 Å². The molecule has 0 saturated carbocycles. The third kappa shape index (κ3) is 3.87. The molecule has 1 aromatic heterocycles. The van der Waals surface area contributed by atoms with Crippen molar-refractivity contribution in [1.82, 2.24) is 4.90 Å². The third-order valence-corrected chi connectivity index (χ3v) is 6.51. The fourth-order valence-electron chi connectivity index (χ4n) is 2.54. The quantitative estimate of drug-likeness (QED) is 0.808. The van der Waals surface area contributed by atoms with E-state index in [4.69, 9.17) is 0 Å². The molecular weight excluding hydrogens is 342 g/mol. The molecule has 0 bridgehead atoms. The van der Waals surface area contributed by atoms with Crippen LogP contribution in [0.25, 0.3) is 0 Å². The molecule has 24 heavy (non-hydrogen) atoms. The Morgan fingerprint density at radius 3 is 2.29 bits per heavy atom. The van der Waals surface area contributed by atoms with Crippen LogP contribution in [0.3, 0.4) is 0 Å². The molecule has 0 aliphatic carbocycles. The van der Waals surface area contributed by atoms with Crippen LogP contribution in [0, 0.1) is 6.92 Å². The Kier molecular flexibility index (Phi) is 5.50. The van der Waals surface area contributed by atoms with E-state index >= 15 is 0 Å². The zero-order valence-corrected chi connectivity index (χ0v) is 16.3. The molecule has 1 amide bonds. The average molecular weight is 366 g/mol. The lowest BCUT2D eigenvalue weighted by molar-refractivity contribution is 0.0747. The zero-order chi connectivity index (χ0) is 18.1. The standard InChI is InChI=1S/C18H23NO3S2/c1-6-14-11-17(23-13(14)3)18(20)19(4)12(2)15-7-9-16(10-8-15)24(5,21)22/h7-12H,6H2,1-5H3. The molecule has 1 unspecified atom stereocenters. The van der Waals surface area contributed by atoms with Crippen molar-refractivity contribution in [2.75, 3.05) is 13.3 Å². The number of amides is 1. The van der Waals surface area contributed by atoms with Gasteiger partial charge in [0, 0.05) is 18.2 Å². The predicted octanol–water partition coefficient (Wildman–Crippen LogP) is 3.86. The topological polar surface area (TPSA) is 54.5 Å². The lowest BCUT2D eigenvalue weighted by Crippen LogP contribution is -2.29. The first kappa shape index (κ1) is 18.7. The molecule has 2 rings (SSSR count). The lowest BCUT2D eigenvalue weighted by atomic mass is 10.1. The van der Waals surface area contributed by atoms with Crippen molar-refractivity contribution in [3.63, 3.8) is 0 Å². The Morgan fingerprint density at radius 1 is 1.25 bits per heavy atom.